The molecule has 0 spiro atoms. The van der Waals surface area contributed by atoms with Crippen LogP contribution in [0.25, 0.3) is 11.0 Å². The van der Waals surface area contributed by atoms with Crippen LogP contribution in [0.3, 0.4) is 0 Å². The van der Waals surface area contributed by atoms with Crippen LogP contribution < -0.4 is 11.2 Å². The van der Waals surface area contributed by atoms with Gasteiger partial charge in [-0.2, -0.15) is 0 Å². The average molecular weight is 492 g/mol. The zero-order valence-corrected chi connectivity index (χ0v) is 21.0. The van der Waals surface area contributed by atoms with Gasteiger partial charge in [0.2, 0.25) is 0 Å². The van der Waals surface area contributed by atoms with Gasteiger partial charge in [-0.05, 0) is 50.5 Å². The van der Waals surface area contributed by atoms with E-state index < -0.39 is 11.2 Å². The second-order valence-corrected chi connectivity index (χ2v) is 10.9. The van der Waals surface area contributed by atoms with Gasteiger partial charge in [0, 0.05) is 37.7 Å². The summed E-state index contributed by atoms with van der Waals surface area (Å²) in [4.78, 5) is 49.1. The van der Waals surface area contributed by atoms with Crippen molar-refractivity contribution in [2.24, 2.45) is 5.92 Å². The third kappa shape index (κ3) is 3.96. The molecule has 6 rings (SSSR count). The molecular formula is C26H33N7O3. The number of likely N-dealkylation sites (tertiary alicyclic amines) is 1. The number of carbonyl (C=O) groups excluding carboxylic acids is 1. The number of aromatic nitrogens is 6. The molecular weight excluding hydrogens is 458 g/mol. The Morgan fingerprint density at radius 1 is 1.08 bits per heavy atom. The maximum Gasteiger partial charge on any atom is 0.330 e. The molecule has 2 fully saturated rings. The van der Waals surface area contributed by atoms with E-state index in [0.29, 0.717) is 24.3 Å². The molecule has 3 aromatic rings. The quantitative estimate of drug-likeness (QED) is 0.586. The summed E-state index contributed by atoms with van der Waals surface area (Å²) in [6.07, 6.45) is 7.97. The van der Waals surface area contributed by atoms with Crippen molar-refractivity contribution in [2.45, 2.75) is 90.3 Å². The molecule has 5 heterocycles. The molecule has 3 aromatic heterocycles. The fourth-order valence-electron chi connectivity index (χ4n) is 5.77. The van der Waals surface area contributed by atoms with E-state index in [1.807, 2.05) is 18.7 Å². The number of fused-ring (bicyclic) bond motifs is 2. The van der Waals surface area contributed by atoms with Gasteiger partial charge in [0.25, 0.3) is 11.5 Å². The largest absolute Gasteiger partial charge is 0.330 e. The molecule has 10 nitrogen and oxygen atoms in total. The highest BCUT2D eigenvalue weighted by Crippen LogP contribution is 2.41. The predicted molar refractivity (Wildman–Crippen MR) is 134 cm³/mol. The number of rotatable bonds is 5. The SMILES string of the molecule is CC(C)Cn1c(=O)[nH]c(=O)c2c(C(=O)N3CCCC3c3nnc4n3CCCCC4)cc(C3CC3)nc21. The number of nitrogens with zero attached hydrogens (tertiary/aromatic N) is 6. The van der Waals surface area contributed by atoms with Gasteiger partial charge in [-0.25, -0.2) is 9.78 Å². The van der Waals surface area contributed by atoms with E-state index >= 15 is 0 Å². The highest BCUT2D eigenvalue weighted by molar-refractivity contribution is 6.05. The number of aromatic amines is 1. The number of aryl methyl sites for hydroxylation is 1. The summed E-state index contributed by atoms with van der Waals surface area (Å²) >= 11 is 0. The second-order valence-electron chi connectivity index (χ2n) is 10.9. The summed E-state index contributed by atoms with van der Waals surface area (Å²) in [6.45, 7) is 5.91. The van der Waals surface area contributed by atoms with Crippen molar-refractivity contribution >= 4 is 16.9 Å². The molecule has 1 amide bonds. The lowest BCUT2D eigenvalue weighted by Gasteiger charge is -2.25. The van der Waals surface area contributed by atoms with Crippen LogP contribution in [0.15, 0.2) is 15.7 Å². The molecule has 10 heteroatoms. The van der Waals surface area contributed by atoms with Crippen molar-refractivity contribution in [3.8, 4) is 0 Å². The predicted octanol–water partition coefficient (Wildman–Crippen LogP) is 2.91. The lowest BCUT2D eigenvalue weighted by molar-refractivity contribution is 0.0728. The van der Waals surface area contributed by atoms with Crippen molar-refractivity contribution in [2.75, 3.05) is 6.54 Å². The van der Waals surface area contributed by atoms with Crippen molar-refractivity contribution in [3.63, 3.8) is 0 Å². The van der Waals surface area contributed by atoms with Crippen LogP contribution in [0.1, 0.15) is 98.5 Å². The van der Waals surface area contributed by atoms with Crippen LogP contribution in [-0.4, -0.2) is 46.7 Å². The smallest absolute Gasteiger partial charge is 0.328 e. The van der Waals surface area contributed by atoms with Gasteiger partial charge in [-0.3, -0.25) is 19.1 Å². The summed E-state index contributed by atoms with van der Waals surface area (Å²) in [5.41, 5.74) is 0.409. The van der Waals surface area contributed by atoms with Crippen LogP contribution in [-0.2, 0) is 19.5 Å². The van der Waals surface area contributed by atoms with Crippen molar-refractivity contribution < 1.29 is 4.79 Å². The minimum absolute atomic E-state index is 0.175. The van der Waals surface area contributed by atoms with E-state index in [1.165, 1.54) is 11.0 Å². The summed E-state index contributed by atoms with van der Waals surface area (Å²) in [7, 11) is 0. The summed E-state index contributed by atoms with van der Waals surface area (Å²) in [5, 5.41) is 9.20. The monoisotopic (exact) mass is 491 g/mol. The number of hydrogen-bond donors (Lipinski definition) is 1. The average Bonchev–Trinajstić information content (AvgIpc) is 3.53. The van der Waals surface area contributed by atoms with Crippen LogP contribution in [0.4, 0.5) is 0 Å². The fourth-order valence-corrected chi connectivity index (χ4v) is 5.77. The highest BCUT2D eigenvalue weighted by atomic mass is 16.2. The topological polar surface area (TPSA) is 119 Å². The molecule has 1 saturated carbocycles. The summed E-state index contributed by atoms with van der Waals surface area (Å²) in [6, 6.07) is 1.62. The van der Waals surface area contributed by atoms with Crippen molar-refractivity contribution in [1.29, 1.82) is 0 Å². The Morgan fingerprint density at radius 2 is 1.92 bits per heavy atom. The molecule has 1 saturated heterocycles. The Labute approximate surface area is 208 Å². The molecule has 0 aromatic carbocycles. The number of amides is 1. The molecule has 2 aliphatic heterocycles. The standard InChI is InChI=1S/C26H33N7O3/c1-15(2)14-33-23-21(24(34)28-26(33)36)17(13-18(27-23)16-9-10-16)25(35)31-12-6-7-19(31)22-30-29-20-8-4-3-5-11-32(20)22/h13,15-16,19H,3-12,14H2,1-2H3,(H,28,34,36). The first-order chi connectivity index (χ1) is 17.4. The Morgan fingerprint density at radius 3 is 2.69 bits per heavy atom. The zero-order valence-electron chi connectivity index (χ0n) is 21.0. The van der Waals surface area contributed by atoms with E-state index in [9.17, 15) is 14.4 Å². The van der Waals surface area contributed by atoms with Gasteiger partial charge in [0.1, 0.15) is 5.82 Å². The molecule has 190 valence electrons. The lowest BCUT2D eigenvalue weighted by Crippen LogP contribution is -2.36. The molecule has 1 N–H and O–H groups in total. The molecule has 36 heavy (non-hydrogen) atoms. The van der Waals surface area contributed by atoms with Crippen LogP contribution in [0, 0.1) is 5.92 Å². The molecule has 3 aliphatic rings. The molecule has 0 bridgehead atoms. The number of pyridine rings is 1. The van der Waals surface area contributed by atoms with E-state index in [2.05, 4.69) is 19.7 Å². The first-order valence-corrected chi connectivity index (χ1v) is 13.3. The van der Waals surface area contributed by atoms with Crippen molar-refractivity contribution in [3.05, 3.63) is 49.8 Å². The Bertz CT molecular complexity index is 1450. The number of nitrogens with one attached hydrogen (secondary N) is 1. The van der Waals surface area contributed by atoms with E-state index in [-0.39, 0.29) is 29.2 Å². The van der Waals surface area contributed by atoms with E-state index in [0.717, 1.165) is 68.8 Å². The normalized spacial score (nSPS) is 20.2. The van der Waals surface area contributed by atoms with Gasteiger partial charge in [-0.15, -0.1) is 10.2 Å². The van der Waals surface area contributed by atoms with Gasteiger partial charge in [0.15, 0.2) is 11.5 Å². The highest BCUT2D eigenvalue weighted by Gasteiger charge is 2.37. The molecule has 0 radical (unpaired) electrons. The minimum atomic E-state index is -0.555. The van der Waals surface area contributed by atoms with Gasteiger partial charge in [-0.1, -0.05) is 20.3 Å². The summed E-state index contributed by atoms with van der Waals surface area (Å²) < 4.78 is 3.72. The lowest BCUT2D eigenvalue weighted by atomic mass is 10.1. The van der Waals surface area contributed by atoms with Crippen LogP contribution in [0.5, 0.6) is 0 Å². The van der Waals surface area contributed by atoms with Gasteiger partial charge < -0.3 is 9.47 Å². The Hall–Kier alpha value is -3.30. The Kier molecular flexibility index (Phi) is 5.76. The third-order valence-corrected chi connectivity index (χ3v) is 7.69. The maximum absolute atomic E-state index is 14.2. The first-order valence-electron chi connectivity index (χ1n) is 13.3. The molecule has 1 aliphatic carbocycles. The fraction of sp³-hybridized carbons (Fsp3) is 0.615. The van der Waals surface area contributed by atoms with Crippen LogP contribution in [0.2, 0.25) is 0 Å². The number of hydrogen-bond acceptors (Lipinski definition) is 6. The number of H-pyrrole nitrogens is 1. The summed E-state index contributed by atoms with van der Waals surface area (Å²) in [5.74, 6) is 2.10. The Balaban J connectivity index is 1.47. The van der Waals surface area contributed by atoms with Crippen molar-refractivity contribution in [1.82, 2.24) is 34.2 Å². The van der Waals surface area contributed by atoms with Gasteiger partial charge >= 0.3 is 5.69 Å². The first kappa shape index (κ1) is 23.1. The van der Waals surface area contributed by atoms with Gasteiger partial charge in [0.05, 0.1) is 17.0 Å². The third-order valence-electron chi connectivity index (χ3n) is 7.69. The second kappa shape index (κ2) is 8.97. The molecule has 1 atom stereocenters. The van der Waals surface area contributed by atoms with E-state index in [1.54, 1.807) is 6.07 Å². The van der Waals surface area contributed by atoms with E-state index in [4.69, 9.17) is 4.98 Å². The van der Waals surface area contributed by atoms with Crippen LogP contribution >= 0.6 is 0 Å². The minimum Gasteiger partial charge on any atom is -0.328 e. The number of carbonyl (C=O) groups is 1. The zero-order chi connectivity index (χ0) is 25.0. The maximum atomic E-state index is 14.2. The molecule has 1 unspecified atom stereocenters.